The lowest BCUT2D eigenvalue weighted by Gasteiger charge is -2.19. The van der Waals surface area contributed by atoms with E-state index < -0.39 is 26.7 Å². The summed E-state index contributed by atoms with van der Waals surface area (Å²) in [5.41, 5.74) is -0.557. The molecule has 0 rings (SSSR count). The van der Waals surface area contributed by atoms with Crippen LogP contribution >= 0.6 is 0 Å². The second-order valence-corrected chi connectivity index (χ2v) is 7.43. The van der Waals surface area contributed by atoms with E-state index in [2.05, 4.69) is 0 Å². The molecule has 5 heteroatoms. The third-order valence-electron chi connectivity index (χ3n) is 1.73. The van der Waals surface area contributed by atoms with Crippen molar-refractivity contribution in [3.63, 3.8) is 0 Å². The van der Waals surface area contributed by atoms with Crippen molar-refractivity contribution in [2.24, 2.45) is 0 Å². The normalized spacial score (nSPS) is 12.9. The summed E-state index contributed by atoms with van der Waals surface area (Å²) in [6.45, 7) is 8.46. The summed E-state index contributed by atoms with van der Waals surface area (Å²) in [4.78, 5) is 11.2. The second kappa shape index (κ2) is 4.96. The number of sulfone groups is 1. The Kier molecular flexibility index (Phi) is 4.77. The van der Waals surface area contributed by atoms with E-state index in [-0.39, 0.29) is 12.2 Å². The Morgan fingerprint density at radius 1 is 1.27 bits per heavy atom. The maximum absolute atomic E-state index is 11.4. The summed E-state index contributed by atoms with van der Waals surface area (Å²) in [5, 5.41) is -0.445. The Labute approximate surface area is 91.9 Å². The zero-order valence-corrected chi connectivity index (χ0v) is 10.8. The highest BCUT2D eigenvalue weighted by atomic mass is 32.2. The van der Waals surface area contributed by atoms with Gasteiger partial charge in [0.2, 0.25) is 0 Å². The molecule has 0 aromatic rings. The topological polar surface area (TPSA) is 60.4 Å². The molecule has 0 radical (unpaired) electrons. The Morgan fingerprint density at radius 3 is 2.07 bits per heavy atom. The van der Waals surface area contributed by atoms with Gasteiger partial charge in [-0.15, -0.1) is 0 Å². The van der Waals surface area contributed by atoms with E-state index in [1.165, 1.54) is 0 Å². The molecule has 0 aromatic carbocycles. The molecule has 0 fully saturated rings. The van der Waals surface area contributed by atoms with Gasteiger partial charge in [-0.25, -0.2) is 8.42 Å². The lowest BCUT2D eigenvalue weighted by Crippen LogP contribution is -2.26. The molecular formula is C10H20O4S. The van der Waals surface area contributed by atoms with Crippen LogP contribution in [0.3, 0.4) is 0 Å². The third kappa shape index (κ3) is 6.49. The summed E-state index contributed by atoms with van der Waals surface area (Å²) in [7, 11) is -3.15. The molecule has 0 atom stereocenters. The minimum absolute atomic E-state index is 0.0716. The van der Waals surface area contributed by atoms with Crippen LogP contribution in [0.4, 0.5) is 0 Å². The Hall–Kier alpha value is -0.580. The molecule has 0 aliphatic carbocycles. The minimum Gasteiger partial charge on any atom is -0.460 e. The molecule has 4 nitrogen and oxygen atoms in total. The number of hydrogen-bond donors (Lipinski definition) is 0. The first-order valence-electron chi connectivity index (χ1n) is 4.98. The molecule has 0 aliphatic heterocycles. The maximum Gasteiger partial charge on any atom is 0.307 e. The minimum atomic E-state index is -3.15. The van der Waals surface area contributed by atoms with Gasteiger partial charge in [0.15, 0.2) is 9.84 Å². The molecule has 0 amide bonds. The predicted molar refractivity (Wildman–Crippen MR) is 59.4 cm³/mol. The summed E-state index contributed by atoms with van der Waals surface area (Å²) in [6.07, 6.45) is -0.0716. The van der Waals surface area contributed by atoms with E-state index >= 15 is 0 Å². The van der Waals surface area contributed by atoms with Gasteiger partial charge in [-0.2, -0.15) is 0 Å². The van der Waals surface area contributed by atoms with Crippen LogP contribution in [0.1, 0.15) is 41.0 Å². The SMILES string of the molecule is CC(C)S(=O)(=O)CCC(=O)OC(C)(C)C. The summed E-state index contributed by atoms with van der Waals surface area (Å²) in [6, 6.07) is 0. The number of carbonyl (C=O) groups is 1. The number of hydrogen-bond acceptors (Lipinski definition) is 4. The highest BCUT2D eigenvalue weighted by molar-refractivity contribution is 7.91. The molecule has 15 heavy (non-hydrogen) atoms. The quantitative estimate of drug-likeness (QED) is 0.695. The molecule has 0 aliphatic rings. The Bertz CT molecular complexity index is 309. The van der Waals surface area contributed by atoms with E-state index in [9.17, 15) is 13.2 Å². The van der Waals surface area contributed by atoms with Crippen LogP contribution in [-0.2, 0) is 19.4 Å². The first-order chi connectivity index (χ1) is 6.54. The molecular weight excluding hydrogens is 216 g/mol. The monoisotopic (exact) mass is 236 g/mol. The zero-order valence-electron chi connectivity index (χ0n) is 10.0. The average Bonchev–Trinajstić information content (AvgIpc) is 1.97. The molecule has 0 saturated carbocycles. The molecule has 0 bridgehead atoms. The van der Waals surface area contributed by atoms with Gasteiger partial charge >= 0.3 is 5.97 Å². The highest BCUT2D eigenvalue weighted by Gasteiger charge is 2.21. The molecule has 90 valence electrons. The fraction of sp³-hybridized carbons (Fsp3) is 0.900. The second-order valence-electron chi connectivity index (χ2n) is 4.75. The maximum atomic E-state index is 11.4. The van der Waals surface area contributed by atoms with E-state index in [4.69, 9.17) is 4.74 Å². The predicted octanol–water partition coefficient (Wildman–Crippen LogP) is 1.54. The van der Waals surface area contributed by atoms with Crippen molar-refractivity contribution in [3.05, 3.63) is 0 Å². The van der Waals surface area contributed by atoms with E-state index in [1.54, 1.807) is 34.6 Å². The zero-order chi connectivity index (χ0) is 12.3. The highest BCUT2D eigenvalue weighted by Crippen LogP contribution is 2.10. The molecule has 0 heterocycles. The first-order valence-corrected chi connectivity index (χ1v) is 6.69. The van der Waals surface area contributed by atoms with E-state index in [0.29, 0.717) is 0 Å². The molecule has 0 saturated heterocycles. The van der Waals surface area contributed by atoms with Crippen LogP contribution in [0.15, 0.2) is 0 Å². The van der Waals surface area contributed by atoms with Crippen LogP contribution in [-0.4, -0.2) is 31.0 Å². The molecule has 0 aromatic heterocycles. The van der Waals surface area contributed by atoms with E-state index in [0.717, 1.165) is 0 Å². The van der Waals surface area contributed by atoms with Crippen LogP contribution in [0, 0.1) is 0 Å². The van der Waals surface area contributed by atoms with Gasteiger partial charge in [-0.3, -0.25) is 4.79 Å². The van der Waals surface area contributed by atoms with Gasteiger partial charge in [0.1, 0.15) is 5.60 Å². The smallest absolute Gasteiger partial charge is 0.307 e. The summed E-state index contributed by atoms with van der Waals surface area (Å²) >= 11 is 0. The molecule has 0 N–H and O–H groups in total. The van der Waals surface area contributed by atoms with E-state index in [1.807, 2.05) is 0 Å². The van der Waals surface area contributed by atoms with Crippen molar-refractivity contribution in [3.8, 4) is 0 Å². The number of rotatable bonds is 4. The average molecular weight is 236 g/mol. The molecule has 0 spiro atoms. The van der Waals surface area contributed by atoms with Crippen molar-refractivity contribution in [2.75, 3.05) is 5.75 Å². The summed E-state index contributed by atoms with van der Waals surface area (Å²) < 4.78 is 27.8. The van der Waals surface area contributed by atoms with Crippen LogP contribution < -0.4 is 0 Å². The van der Waals surface area contributed by atoms with Crippen LogP contribution in [0.5, 0.6) is 0 Å². The first kappa shape index (κ1) is 14.4. The fourth-order valence-electron chi connectivity index (χ4n) is 0.854. The van der Waals surface area contributed by atoms with Gasteiger partial charge in [0.05, 0.1) is 17.4 Å². The van der Waals surface area contributed by atoms with Gasteiger partial charge in [-0.1, -0.05) is 0 Å². The van der Waals surface area contributed by atoms with Crippen molar-refractivity contribution >= 4 is 15.8 Å². The number of esters is 1. The third-order valence-corrected chi connectivity index (χ3v) is 3.94. The van der Waals surface area contributed by atoms with Crippen molar-refractivity contribution in [2.45, 2.75) is 51.9 Å². The van der Waals surface area contributed by atoms with Gasteiger partial charge < -0.3 is 4.74 Å². The van der Waals surface area contributed by atoms with Gasteiger partial charge in [0, 0.05) is 0 Å². The van der Waals surface area contributed by atoms with Crippen molar-refractivity contribution in [1.29, 1.82) is 0 Å². The largest absolute Gasteiger partial charge is 0.460 e. The van der Waals surface area contributed by atoms with Crippen molar-refractivity contribution < 1.29 is 17.9 Å². The Morgan fingerprint density at radius 2 is 1.73 bits per heavy atom. The lowest BCUT2D eigenvalue weighted by molar-refractivity contribution is -0.154. The Balaban J connectivity index is 4.14. The van der Waals surface area contributed by atoms with Gasteiger partial charge in [-0.05, 0) is 34.6 Å². The number of ether oxygens (including phenoxy) is 1. The lowest BCUT2D eigenvalue weighted by atomic mass is 10.2. The van der Waals surface area contributed by atoms with Crippen LogP contribution in [0.25, 0.3) is 0 Å². The van der Waals surface area contributed by atoms with Gasteiger partial charge in [0.25, 0.3) is 0 Å². The number of carbonyl (C=O) groups excluding carboxylic acids is 1. The molecule has 0 unspecified atom stereocenters. The standard InChI is InChI=1S/C10H20O4S/c1-8(2)15(12,13)7-6-9(11)14-10(3,4)5/h8H,6-7H2,1-5H3. The van der Waals surface area contributed by atoms with Crippen LogP contribution in [0.2, 0.25) is 0 Å². The van der Waals surface area contributed by atoms with Crippen molar-refractivity contribution in [1.82, 2.24) is 0 Å². The fourth-order valence-corrected chi connectivity index (χ4v) is 1.78. The summed E-state index contributed by atoms with van der Waals surface area (Å²) in [5.74, 6) is -0.605.